The smallest absolute Gasteiger partial charge is 0.129 e. The van der Waals surface area contributed by atoms with E-state index in [0.717, 1.165) is 55.5 Å². The fourth-order valence-electron chi connectivity index (χ4n) is 3.29. The molecule has 1 aromatic carbocycles. The summed E-state index contributed by atoms with van der Waals surface area (Å²) >= 11 is 0. The van der Waals surface area contributed by atoms with Gasteiger partial charge in [0.15, 0.2) is 0 Å². The summed E-state index contributed by atoms with van der Waals surface area (Å²) in [6.07, 6.45) is 2.54. The number of aromatic nitrogens is 1. The van der Waals surface area contributed by atoms with Crippen molar-refractivity contribution in [2.45, 2.75) is 13.0 Å². The van der Waals surface area contributed by atoms with Crippen LogP contribution in [0.1, 0.15) is 22.3 Å². The Bertz CT molecular complexity index is 767. The van der Waals surface area contributed by atoms with Crippen LogP contribution in [0.4, 0.5) is 5.82 Å². The first-order valence-electron chi connectivity index (χ1n) is 8.42. The van der Waals surface area contributed by atoms with Crippen LogP contribution in [0.15, 0.2) is 41.5 Å². The van der Waals surface area contributed by atoms with Crippen molar-refractivity contribution < 1.29 is 9.84 Å². The number of fused-ring (bicyclic) bond motifs is 1. The number of anilines is 1. The molecule has 0 bridgehead atoms. The first-order valence-corrected chi connectivity index (χ1v) is 8.42. The third-order valence-electron chi connectivity index (χ3n) is 4.59. The Hall–Kier alpha value is -2.24. The summed E-state index contributed by atoms with van der Waals surface area (Å²) in [5, 5.41) is 9.18. The standard InChI is InChI=1S/C19H21N3O2/c23-8-4-14-1-2-16-13-21-19(17(16)11-14)15-3-5-20-18(12-15)22-6-9-24-10-7-22/h1-3,5,11-12,23H,4,6-10,13H2. The van der Waals surface area contributed by atoms with Crippen LogP contribution in [0.3, 0.4) is 0 Å². The third kappa shape index (κ3) is 2.92. The highest BCUT2D eigenvalue weighted by molar-refractivity contribution is 6.15. The number of hydrogen-bond acceptors (Lipinski definition) is 5. The minimum absolute atomic E-state index is 0.168. The molecule has 24 heavy (non-hydrogen) atoms. The second kappa shape index (κ2) is 6.71. The van der Waals surface area contributed by atoms with Crippen molar-refractivity contribution in [3.05, 3.63) is 58.8 Å². The van der Waals surface area contributed by atoms with Crippen molar-refractivity contribution in [2.24, 2.45) is 4.99 Å². The molecule has 5 nitrogen and oxygen atoms in total. The van der Waals surface area contributed by atoms with Gasteiger partial charge < -0.3 is 14.7 Å². The number of pyridine rings is 1. The van der Waals surface area contributed by atoms with Crippen molar-refractivity contribution in [3.63, 3.8) is 0 Å². The van der Waals surface area contributed by atoms with Crippen molar-refractivity contribution >= 4 is 11.5 Å². The molecule has 4 rings (SSSR count). The van der Waals surface area contributed by atoms with Gasteiger partial charge in [-0.05, 0) is 35.7 Å². The van der Waals surface area contributed by atoms with Gasteiger partial charge >= 0.3 is 0 Å². The fourth-order valence-corrected chi connectivity index (χ4v) is 3.29. The van der Waals surface area contributed by atoms with E-state index >= 15 is 0 Å². The number of ether oxygens (including phenoxy) is 1. The number of aliphatic imine (C=N–C) groups is 1. The maximum absolute atomic E-state index is 9.18. The molecule has 3 heterocycles. The lowest BCUT2D eigenvalue weighted by Crippen LogP contribution is -2.36. The van der Waals surface area contributed by atoms with Gasteiger partial charge in [0.05, 0.1) is 25.5 Å². The molecule has 0 amide bonds. The Morgan fingerprint density at radius 3 is 2.83 bits per heavy atom. The van der Waals surface area contributed by atoms with Crippen LogP contribution in [-0.2, 0) is 17.7 Å². The van der Waals surface area contributed by atoms with E-state index in [2.05, 4.69) is 34.1 Å². The molecule has 2 aliphatic rings. The third-order valence-corrected chi connectivity index (χ3v) is 4.59. The van der Waals surface area contributed by atoms with Crippen LogP contribution < -0.4 is 4.90 Å². The van der Waals surface area contributed by atoms with Crippen LogP contribution in [0.2, 0.25) is 0 Å². The Morgan fingerprint density at radius 1 is 1.12 bits per heavy atom. The highest BCUT2D eigenvalue weighted by Crippen LogP contribution is 2.26. The molecule has 5 heteroatoms. The summed E-state index contributed by atoms with van der Waals surface area (Å²) in [5.74, 6) is 0.985. The predicted octanol–water partition coefficient (Wildman–Crippen LogP) is 1.80. The average molecular weight is 323 g/mol. The second-order valence-corrected chi connectivity index (χ2v) is 6.13. The SMILES string of the molecule is OCCc1ccc2c(c1)C(c1ccnc(N3CCOCC3)c1)=NC2. The monoisotopic (exact) mass is 323 g/mol. The summed E-state index contributed by atoms with van der Waals surface area (Å²) in [6.45, 7) is 4.14. The van der Waals surface area contributed by atoms with Crippen molar-refractivity contribution in [1.82, 2.24) is 4.98 Å². The number of morpholine rings is 1. The van der Waals surface area contributed by atoms with E-state index in [1.165, 1.54) is 11.1 Å². The zero-order valence-corrected chi connectivity index (χ0v) is 13.6. The van der Waals surface area contributed by atoms with Crippen molar-refractivity contribution in [1.29, 1.82) is 0 Å². The van der Waals surface area contributed by atoms with Crippen molar-refractivity contribution in [2.75, 3.05) is 37.8 Å². The maximum atomic E-state index is 9.18. The molecule has 124 valence electrons. The van der Waals surface area contributed by atoms with Gasteiger partial charge in [-0.3, -0.25) is 4.99 Å². The largest absolute Gasteiger partial charge is 0.396 e. The molecule has 1 fully saturated rings. The molecule has 0 radical (unpaired) electrons. The normalized spacial score (nSPS) is 16.9. The van der Waals surface area contributed by atoms with Crippen LogP contribution in [0.25, 0.3) is 0 Å². The molecule has 0 unspecified atom stereocenters. The van der Waals surface area contributed by atoms with Gasteiger partial charge in [0.25, 0.3) is 0 Å². The summed E-state index contributed by atoms with van der Waals surface area (Å²) in [7, 11) is 0. The van der Waals surface area contributed by atoms with E-state index < -0.39 is 0 Å². The van der Waals surface area contributed by atoms with Gasteiger partial charge in [-0.25, -0.2) is 4.98 Å². The van der Waals surface area contributed by atoms with Gasteiger partial charge in [0.2, 0.25) is 0 Å². The minimum Gasteiger partial charge on any atom is -0.396 e. The Kier molecular flexibility index (Phi) is 4.28. The first-order chi connectivity index (χ1) is 11.8. The molecule has 0 atom stereocenters. The summed E-state index contributed by atoms with van der Waals surface area (Å²) in [6, 6.07) is 10.5. The van der Waals surface area contributed by atoms with E-state index in [9.17, 15) is 5.11 Å². The summed E-state index contributed by atoms with van der Waals surface area (Å²) in [4.78, 5) is 11.5. The Balaban J connectivity index is 1.65. The molecule has 1 N–H and O–H groups in total. The summed E-state index contributed by atoms with van der Waals surface area (Å²) in [5.41, 5.74) is 5.71. The zero-order chi connectivity index (χ0) is 16.4. The van der Waals surface area contributed by atoms with Crippen LogP contribution in [0, 0.1) is 0 Å². The van der Waals surface area contributed by atoms with E-state index in [1.807, 2.05) is 12.3 Å². The minimum atomic E-state index is 0.168. The van der Waals surface area contributed by atoms with E-state index in [4.69, 9.17) is 9.73 Å². The lowest BCUT2D eigenvalue weighted by atomic mass is 9.97. The molecular formula is C19H21N3O2. The molecule has 1 aromatic heterocycles. The molecule has 2 aliphatic heterocycles. The number of aliphatic hydroxyl groups is 1. The highest BCUT2D eigenvalue weighted by atomic mass is 16.5. The number of hydrogen-bond donors (Lipinski definition) is 1. The van der Waals surface area contributed by atoms with Gasteiger partial charge in [-0.2, -0.15) is 0 Å². The van der Waals surface area contributed by atoms with Gasteiger partial charge in [0.1, 0.15) is 5.82 Å². The van der Waals surface area contributed by atoms with Gasteiger partial charge in [-0.15, -0.1) is 0 Å². The molecule has 1 saturated heterocycles. The van der Waals surface area contributed by atoms with Gasteiger partial charge in [-0.1, -0.05) is 12.1 Å². The number of aliphatic hydroxyl groups excluding tert-OH is 1. The quantitative estimate of drug-likeness (QED) is 0.932. The van der Waals surface area contributed by atoms with E-state index in [-0.39, 0.29) is 6.61 Å². The summed E-state index contributed by atoms with van der Waals surface area (Å²) < 4.78 is 5.42. The lowest BCUT2D eigenvalue weighted by Gasteiger charge is -2.28. The highest BCUT2D eigenvalue weighted by Gasteiger charge is 2.20. The Morgan fingerprint density at radius 2 is 2.00 bits per heavy atom. The molecule has 2 aromatic rings. The maximum Gasteiger partial charge on any atom is 0.129 e. The van der Waals surface area contributed by atoms with Crippen molar-refractivity contribution in [3.8, 4) is 0 Å². The van der Waals surface area contributed by atoms with E-state index in [1.54, 1.807) is 0 Å². The molecular weight excluding hydrogens is 302 g/mol. The van der Waals surface area contributed by atoms with E-state index in [0.29, 0.717) is 6.42 Å². The predicted molar refractivity (Wildman–Crippen MR) is 93.8 cm³/mol. The second-order valence-electron chi connectivity index (χ2n) is 6.13. The number of nitrogens with zero attached hydrogens (tertiary/aromatic N) is 3. The fraction of sp³-hybridized carbons (Fsp3) is 0.368. The topological polar surface area (TPSA) is 58.0 Å². The van der Waals surface area contributed by atoms with Crippen LogP contribution in [0.5, 0.6) is 0 Å². The zero-order valence-electron chi connectivity index (χ0n) is 13.6. The lowest BCUT2D eigenvalue weighted by molar-refractivity contribution is 0.122. The molecule has 0 saturated carbocycles. The van der Waals surface area contributed by atoms with Crippen LogP contribution in [-0.4, -0.2) is 48.7 Å². The number of rotatable bonds is 4. The van der Waals surface area contributed by atoms with Crippen LogP contribution >= 0.6 is 0 Å². The molecule has 0 aliphatic carbocycles. The van der Waals surface area contributed by atoms with Gasteiger partial charge in [0, 0.05) is 37.0 Å². The molecule has 0 spiro atoms. The average Bonchev–Trinajstić information content (AvgIpc) is 3.06. The Labute approximate surface area is 141 Å². The first kappa shape index (κ1) is 15.3. The number of benzene rings is 1.